The van der Waals surface area contributed by atoms with Crippen molar-refractivity contribution in [2.75, 3.05) is 13.2 Å². The average molecular weight is 1060 g/mol. The monoisotopic (exact) mass is 1050 g/mol. The normalized spacial score (nSPS) is 12.8. The topological polar surface area (TPSA) is 78.9 Å². The van der Waals surface area contributed by atoms with Crippen molar-refractivity contribution in [1.29, 1.82) is 0 Å². The van der Waals surface area contributed by atoms with Gasteiger partial charge in [0.25, 0.3) is 0 Å². The molecular weight excluding hydrogens is 937 g/mol. The maximum Gasteiger partial charge on any atom is 0.306 e. The predicted octanol–water partition coefficient (Wildman–Crippen LogP) is 21.8. The van der Waals surface area contributed by atoms with Crippen molar-refractivity contribution in [3.8, 4) is 0 Å². The Balaban J connectivity index is 4.34. The highest BCUT2D eigenvalue weighted by Gasteiger charge is 2.19. The maximum atomic E-state index is 12.9. The van der Waals surface area contributed by atoms with Gasteiger partial charge < -0.3 is 14.2 Å². The molecule has 0 aromatic heterocycles. The van der Waals surface area contributed by atoms with E-state index in [1.807, 2.05) is 0 Å². The van der Waals surface area contributed by atoms with Crippen molar-refractivity contribution < 1.29 is 28.6 Å². The Bertz CT molecular complexity index is 1540. The molecule has 0 radical (unpaired) electrons. The van der Waals surface area contributed by atoms with E-state index < -0.39 is 6.10 Å². The fourth-order valence-electron chi connectivity index (χ4n) is 8.75. The first-order chi connectivity index (χ1) is 37.5. The van der Waals surface area contributed by atoms with Gasteiger partial charge in [-0.2, -0.15) is 0 Å². The van der Waals surface area contributed by atoms with Crippen molar-refractivity contribution in [3.63, 3.8) is 0 Å². The summed E-state index contributed by atoms with van der Waals surface area (Å²) in [6, 6.07) is 0. The van der Waals surface area contributed by atoms with Crippen LogP contribution in [-0.2, 0) is 28.6 Å². The molecular formula is C70H118O6. The number of carbonyl (C=O) groups excluding carboxylic acids is 3. The van der Waals surface area contributed by atoms with Crippen molar-refractivity contribution in [1.82, 2.24) is 0 Å². The predicted molar refractivity (Wildman–Crippen MR) is 330 cm³/mol. The number of ether oxygens (including phenoxy) is 3. The van der Waals surface area contributed by atoms with Crippen molar-refractivity contribution in [3.05, 3.63) is 109 Å². The number of unbranched alkanes of at least 4 members (excludes halogenated alkanes) is 28. The molecule has 6 nitrogen and oxygen atoms in total. The van der Waals surface area contributed by atoms with Crippen LogP contribution in [0.25, 0.3) is 0 Å². The van der Waals surface area contributed by atoms with E-state index >= 15 is 0 Å². The molecule has 1 unspecified atom stereocenters. The summed E-state index contributed by atoms with van der Waals surface area (Å²) in [7, 11) is 0. The zero-order valence-corrected chi connectivity index (χ0v) is 49.7. The van der Waals surface area contributed by atoms with Crippen LogP contribution in [0, 0.1) is 0 Å². The number of hydrogen-bond donors (Lipinski definition) is 0. The van der Waals surface area contributed by atoms with Crippen LogP contribution in [0.4, 0.5) is 0 Å². The van der Waals surface area contributed by atoms with E-state index in [-0.39, 0.29) is 31.1 Å². The van der Waals surface area contributed by atoms with E-state index in [0.29, 0.717) is 19.3 Å². The molecule has 0 fully saturated rings. The fraction of sp³-hybridized carbons (Fsp3) is 0.700. The van der Waals surface area contributed by atoms with Gasteiger partial charge >= 0.3 is 17.9 Å². The number of esters is 3. The first-order valence-corrected chi connectivity index (χ1v) is 31.9. The quantitative estimate of drug-likeness (QED) is 0.0261. The standard InChI is InChI=1S/C70H118O6/c1-4-7-10-13-16-19-22-24-26-28-30-31-32-33-34-35-36-37-38-39-40-42-43-45-48-51-54-57-60-63-69(72)75-66-67(65-74-68(71)62-59-56-53-50-47-21-18-15-12-9-6-3)76-70(73)64-61-58-55-52-49-46-44-41-29-27-25-23-20-17-14-11-8-5-2/h7,10,16,19,24,26-27,29-31,33-34,36-37,39-40,43,45,67H,4-6,8-9,11-15,17-18,20-23,25,28,32,35,38,41-42,44,46-66H2,1-3H3/b10-7-,19-16-,26-24-,29-27-,31-30-,34-33-,37-36-,40-39-,45-43-. The third-order valence-corrected chi connectivity index (χ3v) is 13.5. The molecule has 434 valence electrons. The molecule has 0 saturated heterocycles. The Morgan fingerprint density at radius 2 is 0.513 bits per heavy atom. The zero-order chi connectivity index (χ0) is 55.0. The number of rotatable bonds is 57. The molecule has 0 saturated carbocycles. The van der Waals surface area contributed by atoms with Gasteiger partial charge in [0, 0.05) is 19.3 Å². The van der Waals surface area contributed by atoms with Crippen LogP contribution in [0.2, 0.25) is 0 Å². The second-order valence-electron chi connectivity index (χ2n) is 20.9. The molecule has 0 aliphatic carbocycles. The number of carbonyl (C=O) groups is 3. The molecule has 0 rings (SSSR count). The molecule has 0 heterocycles. The molecule has 0 aromatic carbocycles. The molecule has 76 heavy (non-hydrogen) atoms. The number of hydrogen-bond acceptors (Lipinski definition) is 6. The molecule has 0 N–H and O–H groups in total. The Morgan fingerprint density at radius 3 is 0.816 bits per heavy atom. The van der Waals surface area contributed by atoms with Crippen molar-refractivity contribution in [2.24, 2.45) is 0 Å². The van der Waals surface area contributed by atoms with Crippen LogP contribution >= 0.6 is 0 Å². The lowest BCUT2D eigenvalue weighted by Crippen LogP contribution is -2.30. The highest BCUT2D eigenvalue weighted by Crippen LogP contribution is 2.15. The molecule has 0 aliphatic heterocycles. The highest BCUT2D eigenvalue weighted by atomic mass is 16.6. The third-order valence-electron chi connectivity index (χ3n) is 13.5. The lowest BCUT2D eigenvalue weighted by atomic mass is 10.1. The van der Waals surface area contributed by atoms with Gasteiger partial charge in [-0.1, -0.05) is 278 Å². The van der Waals surface area contributed by atoms with Gasteiger partial charge in [0.2, 0.25) is 0 Å². The van der Waals surface area contributed by atoms with Crippen LogP contribution in [0.15, 0.2) is 109 Å². The highest BCUT2D eigenvalue weighted by molar-refractivity contribution is 5.71. The Hall–Kier alpha value is -3.93. The van der Waals surface area contributed by atoms with Crippen LogP contribution in [0.3, 0.4) is 0 Å². The summed E-state index contributed by atoms with van der Waals surface area (Å²) in [6.07, 6.45) is 86.6. The maximum absolute atomic E-state index is 12.9. The largest absolute Gasteiger partial charge is 0.462 e. The first kappa shape index (κ1) is 72.1. The molecule has 0 aromatic rings. The van der Waals surface area contributed by atoms with E-state index in [0.717, 1.165) is 122 Å². The summed E-state index contributed by atoms with van der Waals surface area (Å²) >= 11 is 0. The lowest BCUT2D eigenvalue weighted by molar-refractivity contribution is -0.167. The smallest absolute Gasteiger partial charge is 0.306 e. The van der Waals surface area contributed by atoms with Gasteiger partial charge in [-0.15, -0.1) is 0 Å². The van der Waals surface area contributed by atoms with Gasteiger partial charge in [-0.25, -0.2) is 0 Å². The minimum atomic E-state index is -0.791. The van der Waals surface area contributed by atoms with Gasteiger partial charge in [0.15, 0.2) is 6.10 Å². The van der Waals surface area contributed by atoms with Crippen LogP contribution in [-0.4, -0.2) is 37.2 Å². The van der Waals surface area contributed by atoms with Crippen LogP contribution < -0.4 is 0 Å². The zero-order valence-electron chi connectivity index (χ0n) is 49.7. The first-order valence-electron chi connectivity index (χ1n) is 31.9. The van der Waals surface area contributed by atoms with Crippen molar-refractivity contribution >= 4 is 17.9 Å². The molecule has 0 bridgehead atoms. The fourth-order valence-corrected chi connectivity index (χ4v) is 8.75. The van der Waals surface area contributed by atoms with Gasteiger partial charge in [-0.3, -0.25) is 14.4 Å². The summed E-state index contributed by atoms with van der Waals surface area (Å²) in [5, 5.41) is 0. The summed E-state index contributed by atoms with van der Waals surface area (Å²) in [6.45, 7) is 6.51. The van der Waals surface area contributed by atoms with Crippen LogP contribution in [0.1, 0.15) is 297 Å². The summed E-state index contributed by atoms with van der Waals surface area (Å²) in [4.78, 5) is 38.2. The Morgan fingerprint density at radius 1 is 0.276 bits per heavy atom. The molecule has 6 heteroatoms. The Kier molecular flexibility index (Phi) is 60.3. The minimum Gasteiger partial charge on any atom is -0.462 e. The van der Waals surface area contributed by atoms with E-state index in [1.165, 1.54) is 135 Å². The molecule has 0 spiro atoms. The Labute approximate surface area is 470 Å². The van der Waals surface area contributed by atoms with E-state index in [4.69, 9.17) is 14.2 Å². The average Bonchev–Trinajstić information content (AvgIpc) is 3.42. The SMILES string of the molecule is CC/C=C\C/C=C\C/C=C\C/C=C\C/C=C\C/C=C\C/C=C\C/C=C\CCCCCCC(=O)OCC(COC(=O)CCCCCCCCCCCCC)OC(=O)CCCCCCCCC/C=C\CCCCCCCCC. The minimum absolute atomic E-state index is 0.0863. The van der Waals surface area contributed by atoms with E-state index in [9.17, 15) is 14.4 Å². The lowest BCUT2D eigenvalue weighted by Gasteiger charge is -2.18. The molecule has 0 aliphatic rings. The molecule has 0 amide bonds. The number of allylic oxidation sites excluding steroid dienone is 18. The van der Waals surface area contributed by atoms with Gasteiger partial charge in [0.1, 0.15) is 13.2 Å². The van der Waals surface area contributed by atoms with E-state index in [2.05, 4.69) is 130 Å². The van der Waals surface area contributed by atoms with Gasteiger partial charge in [0.05, 0.1) is 0 Å². The summed E-state index contributed by atoms with van der Waals surface area (Å²) in [5.74, 6) is -0.911. The second kappa shape index (κ2) is 63.6. The third kappa shape index (κ3) is 60.9. The van der Waals surface area contributed by atoms with Crippen molar-refractivity contribution in [2.45, 2.75) is 303 Å². The summed E-state index contributed by atoms with van der Waals surface area (Å²) < 4.78 is 16.9. The van der Waals surface area contributed by atoms with Crippen LogP contribution in [0.5, 0.6) is 0 Å². The summed E-state index contributed by atoms with van der Waals surface area (Å²) in [5.41, 5.74) is 0. The second-order valence-corrected chi connectivity index (χ2v) is 20.9. The van der Waals surface area contributed by atoms with Gasteiger partial charge in [-0.05, 0) is 109 Å². The molecule has 1 atom stereocenters. The van der Waals surface area contributed by atoms with E-state index in [1.54, 1.807) is 0 Å².